The maximum Gasteiger partial charge on any atom is 0.224 e. The summed E-state index contributed by atoms with van der Waals surface area (Å²) in [6, 6.07) is 8.60. The van der Waals surface area contributed by atoms with Crippen molar-refractivity contribution < 1.29 is 9.53 Å². The van der Waals surface area contributed by atoms with Crippen LogP contribution in [0.4, 0.5) is 0 Å². The molecule has 2 rings (SSSR count). The van der Waals surface area contributed by atoms with Gasteiger partial charge in [0.2, 0.25) is 5.91 Å². The second kappa shape index (κ2) is 7.46. The van der Waals surface area contributed by atoms with E-state index in [0.717, 1.165) is 37.2 Å². The molecule has 0 atom stereocenters. The Morgan fingerprint density at radius 3 is 2.43 bits per heavy atom. The zero-order valence-electron chi connectivity index (χ0n) is 13.3. The monoisotopic (exact) mass is 290 g/mol. The maximum absolute atomic E-state index is 12.1. The Morgan fingerprint density at radius 2 is 1.90 bits per heavy atom. The molecule has 1 amide bonds. The van der Waals surface area contributed by atoms with Crippen LogP contribution >= 0.6 is 0 Å². The van der Waals surface area contributed by atoms with Gasteiger partial charge in [-0.05, 0) is 44.4 Å². The Bertz CT molecular complexity index is 448. The molecule has 1 aliphatic heterocycles. The van der Waals surface area contributed by atoms with Crippen LogP contribution in [0.1, 0.15) is 32.3 Å². The van der Waals surface area contributed by atoms with Crippen LogP contribution in [0.25, 0.3) is 0 Å². The molecule has 0 radical (unpaired) electrons. The molecule has 4 nitrogen and oxygen atoms in total. The summed E-state index contributed by atoms with van der Waals surface area (Å²) < 4.78 is 5.12. The SMILES string of the molecule is COc1ccc(CC(=O)NC2CCN(C(C)C)CC2)cc1. The quantitative estimate of drug-likeness (QED) is 0.904. The summed E-state index contributed by atoms with van der Waals surface area (Å²) in [5, 5.41) is 3.16. The highest BCUT2D eigenvalue weighted by Crippen LogP contribution is 2.14. The number of carbonyl (C=O) groups is 1. The predicted molar refractivity (Wildman–Crippen MR) is 84.6 cm³/mol. The fourth-order valence-corrected chi connectivity index (χ4v) is 2.77. The minimum absolute atomic E-state index is 0.114. The van der Waals surface area contributed by atoms with Gasteiger partial charge in [-0.3, -0.25) is 4.79 Å². The summed E-state index contributed by atoms with van der Waals surface area (Å²) in [6.07, 6.45) is 2.54. The molecule has 0 aromatic heterocycles. The number of piperidine rings is 1. The summed E-state index contributed by atoms with van der Waals surface area (Å²) in [7, 11) is 1.64. The van der Waals surface area contributed by atoms with Crippen LogP contribution in [0.5, 0.6) is 5.75 Å². The van der Waals surface area contributed by atoms with Crippen LogP contribution in [0.15, 0.2) is 24.3 Å². The third-order valence-electron chi connectivity index (χ3n) is 4.15. The number of carbonyl (C=O) groups excluding carboxylic acids is 1. The van der Waals surface area contributed by atoms with Gasteiger partial charge in [-0.1, -0.05) is 12.1 Å². The largest absolute Gasteiger partial charge is 0.497 e. The second-order valence-corrected chi connectivity index (χ2v) is 6.00. The topological polar surface area (TPSA) is 41.6 Å². The fraction of sp³-hybridized carbons (Fsp3) is 0.588. The Morgan fingerprint density at radius 1 is 1.29 bits per heavy atom. The van der Waals surface area contributed by atoms with Gasteiger partial charge in [-0.25, -0.2) is 0 Å². The predicted octanol–water partition coefficient (Wildman–Crippen LogP) is 2.23. The second-order valence-electron chi connectivity index (χ2n) is 6.00. The van der Waals surface area contributed by atoms with Crippen LogP contribution in [0.2, 0.25) is 0 Å². The third kappa shape index (κ3) is 4.74. The minimum atomic E-state index is 0.114. The van der Waals surface area contributed by atoms with Crippen LogP contribution < -0.4 is 10.1 Å². The number of nitrogens with one attached hydrogen (secondary N) is 1. The van der Waals surface area contributed by atoms with E-state index < -0.39 is 0 Å². The van der Waals surface area contributed by atoms with Crippen molar-refractivity contribution in [2.75, 3.05) is 20.2 Å². The lowest BCUT2D eigenvalue weighted by atomic mass is 10.0. The number of rotatable bonds is 5. The van der Waals surface area contributed by atoms with Gasteiger partial charge in [-0.2, -0.15) is 0 Å². The summed E-state index contributed by atoms with van der Waals surface area (Å²) in [6.45, 7) is 6.60. The Hall–Kier alpha value is -1.55. The zero-order chi connectivity index (χ0) is 15.2. The molecule has 4 heteroatoms. The van der Waals surface area contributed by atoms with E-state index in [2.05, 4.69) is 24.1 Å². The highest BCUT2D eigenvalue weighted by Gasteiger charge is 2.21. The lowest BCUT2D eigenvalue weighted by Gasteiger charge is -2.34. The smallest absolute Gasteiger partial charge is 0.224 e. The standard InChI is InChI=1S/C17H26N2O2/c1-13(2)19-10-8-15(9-11-19)18-17(20)12-14-4-6-16(21-3)7-5-14/h4-7,13,15H,8-12H2,1-3H3,(H,18,20). The average molecular weight is 290 g/mol. The van der Waals surface area contributed by atoms with Crippen molar-refractivity contribution in [2.24, 2.45) is 0 Å². The van der Waals surface area contributed by atoms with E-state index in [1.807, 2.05) is 24.3 Å². The Labute approximate surface area is 127 Å². The number of methoxy groups -OCH3 is 1. The van der Waals surface area contributed by atoms with Crippen molar-refractivity contribution >= 4 is 5.91 Å². The van der Waals surface area contributed by atoms with Gasteiger partial charge in [0.05, 0.1) is 13.5 Å². The number of ether oxygens (including phenoxy) is 1. The van der Waals surface area contributed by atoms with Crippen LogP contribution in [0, 0.1) is 0 Å². The number of likely N-dealkylation sites (tertiary alicyclic amines) is 1. The first-order valence-corrected chi connectivity index (χ1v) is 7.75. The Balaban J connectivity index is 1.77. The van der Waals surface area contributed by atoms with Gasteiger partial charge in [0.25, 0.3) is 0 Å². The first kappa shape index (κ1) is 15.8. The van der Waals surface area contributed by atoms with E-state index in [4.69, 9.17) is 4.74 Å². The Kier molecular flexibility index (Phi) is 5.62. The van der Waals surface area contributed by atoms with Crippen LogP contribution in [-0.4, -0.2) is 43.1 Å². The maximum atomic E-state index is 12.1. The van der Waals surface area contributed by atoms with Crippen molar-refractivity contribution in [1.82, 2.24) is 10.2 Å². The van der Waals surface area contributed by atoms with E-state index in [9.17, 15) is 4.79 Å². The highest BCUT2D eigenvalue weighted by atomic mass is 16.5. The molecule has 0 saturated carbocycles. The molecule has 0 spiro atoms. The van der Waals surface area contributed by atoms with Crippen LogP contribution in [0.3, 0.4) is 0 Å². The summed E-state index contributed by atoms with van der Waals surface area (Å²) in [5.74, 6) is 0.934. The van der Waals surface area contributed by atoms with Crippen molar-refractivity contribution in [3.8, 4) is 5.75 Å². The van der Waals surface area contributed by atoms with Gasteiger partial charge in [0.15, 0.2) is 0 Å². The zero-order valence-corrected chi connectivity index (χ0v) is 13.3. The number of benzene rings is 1. The molecule has 1 aromatic carbocycles. The normalized spacial score (nSPS) is 17.0. The molecule has 0 unspecified atom stereocenters. The molecule has 1 saturated heterocycles. The van der Waals surface area contributed by atoms with Gasteiger partial charge in [-0.15, -0.1) is 0 Å². The highest BCUT2D eigenvalue weighted by molar-refractivity contribution is 5.78. The number of hydrogen-bond donors (Lipinski definition) is 1. The van der Waals surface area contributed by atoms with E-state index in [-0.39, 0.29) is 5.91 Å². The molecule has 1 heterocycles. The van der Waals surface area contributed by atoms with E-state index >= 15 is 0 Å². The van der Waals surface area contributed by atoms with E-state index in [1.54, 1.807) is 7.11 Å². The minimum Gasteiger partial charge on any atom is -0.497 e. The average Bonchev–Trinajstić information content (AvgIpc) is 2.48. The fourth-order valence-electron chi connectivity index (χ4n) is 2.77. The van der Waals surface area contributed by atoms with Crippen LogP contribution in [-0.2, 0) is 11.2 Å². The molecule has 0 bridgehead atoms. The molecule has 1 aromatic rings. The summed E-state index contributed by atoms with van der Waals surface area (Å²) in [4.78, 5) is 14.6. The lowest BCUT2D eigenvalue weighted by molar-refractivity contribution is -0.121. The summed E-state index contributed by atoms with van der Waals surface area (Å²) >= 11 is 0. The van der Waals surface area contributed by atoms with Gasteiger partial charge in [0, 0.05) is 25.2 Å². The number of nitrogens with zero attached hydrogens (tertiary/aromatic N) is 1. The summed E-state index contributed by atoms with van der Waals surface area (Å²) in [5.41, 5.74) is 1.02. The van der Waals surface area contributed by atoms with E-state index in [1.165, 1.54) is 0 Å². The van der Waals surface area contributed by atoms with E-state index in [0.29, 0.717) is 18.5 Å². The van der Waals surface area contributed by atoms with Crippen molar-refractivity contribution in [2.45, 2.75) is 45.2 Å². The molecule has 0 aliphatic carbocycles. The van der Waals surface area contributed by atoms with Crippen molar-refractivity contribution in [3.63, 3.8) is 0 Å². The number of hydrogen-bond acceptors (Lipinski definition) is 3. The lowest BCUT2D eigenvalue weighted by Crippen LogP contribution is -2.46. The molecular formula is C17H26N2O2. The van der Waals surface area contributed by atoms with Gasteiger partial charge < -0.3 is 15.0 Å². The molecule has 1 fully saturated rings. The molecule has 1 N–H and O–H groups in total. The molecular weight excluding hydrogens is 264 g/mol. The van der Waals surface area contributed by atoms with Crippen molar-refractivity contribution in [3.05, 3.63) is 29.8 Å². The molecule has 116 valence electrons. The van der Waals surface area contributed by atoms with Crippen molar-refractivity contribution in [1.29, 1.82) is 0 Å². The first-order valence-electron chi connectivity index (χ1n) is 7.75. The first-order chi connectivity index (χ1) is 10.1. The molecule has 21 heavy (non-hydrogen) atoms. The van der Waals surface area contributed by atoms with Gasteiger partial charge in [0.1, 0.15) is 5.75 Å². The molecule has 1 aliphatic rings. The third-order valence-corrected chi connectivity index (χ3v) is 4.15. The van der Waals surface area contributed by atoms with Gasteiger partial charge >= 0.3 is 0 Å². The number of amides is 1.